The Morgan fingerprint density at radius 2 is 2.00 bits per heavy atom. The number of carbonyl (C=O) groups excluding carboxylic acids is 1. The van der Waals surface area contributed by atoms with E-state index in [9.17, 15) is 9.90 Å². The van der Waals surface area contributed by atoms with E-state index in [4.69, 9.17) is 4.74 Å². The van der Waals surface area contributed by atoms with E-state index in [0.29, 0.717) is 11.3 Å². The molecule has 5 nitrogen and oxygen atoms in total. The van der Waals surface area contributed by atoms with Crippen molar-refractivity contribution in [3.63, 3.8) is 0 Å². The highest BCUT2D eigenvalue weighted by molar-refractivity contribution is 14.1. The monoisotopic (exact) mass is 502 g/mol. The van der Waals surface area contributed by atoms with Crippen LogP contribution in [0.15, 0.2) is 39.9 Å². The number of halogens is 2. The number of aromatic hydroxyl groups is 1. The first-order valence-corrected chi connectivity index (χ1v) is 8.94. The Morgan fingerprint density at radius 3 is 2.67 bits per heavy atom. The molecule has 0 aliphatic carbocycles. The second-order valence-corrected chi connectivity index (χ2v) is 7.32. The number of phenols is 1. The second-order valence-electron chi connectivity index (χ2n) is 5.15. The summed E-state index contributed by atoms with van der Waals surface area (Å²) in [5, 5.41) is 13.5. The predicted octanol–water partition coefficient (Wildman–Crippen LogP) is 3.91. The average Bonchev–Trinajstić information content (AvgIpc) is 2.49. The first-order valence-electron chi connectivity index (χ1n) is 7.07. The van der Waals surface area contributed by atoms with Gasteiger partial charge in [-0.15, -0.1) is 0 Å². The number of nitrogens with zero attached hydrogens (tertiary/aromatic N) is 1. The molecule has 0 unspecified atom stereocenters. The largest absolute Gasteiger partial charge is 0.507 e. The maximum atomic E-state index is 11.8. The van der Waals surface area contributed by atoms with Gasteiger partial charge >= 0.3 is 0 Å². The van der Waals surface area contributed by atoms with Crippen molar-refractivity contribution in [3.8, 4) is 11.5 Å². The maximum Gasteiger partial charge on any atom is 0.277 e. The Morgan fingerprint density at radius 1 is 1.33 bits per heavy atom. The number of amides is 1. The van der Waals surface area contributed by atoms with Crippen molar-refractivity contribution in [2.45, 2.75) is 13.8 Å². The lowest BCUT2D eigenvalue weighted by Gasteiger charge is -2.11. The molecular weight excluding hydrogens is 487 g/mol. The fraction of sp³-hybridized carbons (Fsp3) is 0.176. The Bertz CT molecular complexity index is 770. The van der Waals surface area contributed by atoms with Crippen LogP contribution < -0.4 is 10.2 Å². The summed E-state index contributed by atoms with van der Waals surface area (Å²) in [6.07, 6.45) is 1.39. The molecule has 0 aliphatic heterocycles. The van der Waals surface area contributed by atoms with E-state index in [2.05, 4.69) is 49.0 Å². The maximum absolute atomic E-state index is 11.8. The van der Waals surface area contributed by atoms with Crippen LogP contribution in [0.3, 0.4) is 0 Å². The third-order valence-corrected chi connectivity index (χ3v) is 4.28. The fourth-order valence-corrected chi connectivity index (χ4v) is 3.30. The summed E-state index contributed by atoms with van der Waals surface area (Å²) in [7, 11) is 0. The SMILES string of the molecule is Cc1cc(Br)cc(C)c1OCC(=O)N/N=C/c1cc(I)ccc1O. The van der Waals surface area contributed by atoms with Gasteiger partial charge in [0.15, 0.2) is 6.61 Å². The number of hydrogen-bond acceptors (Lipinski definition) is 4. The minimum Gasteiger partial charge on any atom is -0.507 e. The molecule has 2 aromatic rings. The van der Waals surface area contributed by atoms with E-state index in [-0.39, 0.29) is 18.3 Å². The van der Waals surface area contributed by atoms with Crippen LogP contribution in [0, 0.1) is 17.4 Å². The van der Waals surface area contributed by atoms with Crippen molar-refractivity contribution in [2.75, 3.05) is 6.61 Å². The Labute approximate surface area is 162 Å². The van der Waals surface area contributed by atoms with E-state index in [1.807, 2.05) is 26.0 Å². The number of hydrogen-bond donors (Lipinski definition) is 2. The van der Waals surface area contributed by atoms with E-state index in [1.54, 1.807) is 18.2 Å². The van der Waals surface area contributed by atoms with Crippen LogP contribution in [-0.4, -0.2) is 23.8 Å². The lowest BCUT2D eigenvalue weighted by atomic mass is 10.1. The van der Waals surface area contributed by atoms with Crippen molar-refractivity contribution < 1.29 is 14.6 Å². The third-order valence-electron chi connectivity index (χ3n) is 3.16. The van der Waals surface area contributed by atoms with Crippen molar-refractivity contribution in [2.24, 2.45) is 5.10 Å². The Balaban J connectivity index is 1.92. The first kappa shape index (κ1) is 18.7. The van der Waals surface area contributed by atoms with Crippen LogP contribution in [0.5, 0.6) is 11.5 Å². The predicted molar refractivity (Wildman–Crippen MR) is 106 cm³/mol. The Hall–Kier alpha value is -1.61. The fourth-order valence-electron chi connectivity index (χ4n) is 2.10. The average molecular weight is 503 g/mol. The van der Waals surface area contributed by atoms with Gasteiger partial charge in [-0.3, -0.25) is 4.79 Å². The van der Waals surface area contributed by atoms with Crippen LogP contribution in [-0.2, 0) is 4.79 Å². The topological polar surface area (TPSA) is 70.9 Å². The molecule has 0 bridgehead atoms. The molecule has 0 saturated heterocycles. The lowest BCUT2D eigenvalue weighted by molar-refractivity contribution is -0.123. The molecule has 2 rings (SSSR count). The van der Waals surface area contributed by atoms with Gasteiger partial charge in [-0.2, -0.15) is 5.10 Å². The number of rotatable bonds is 5. The number of phenolic OH excluding ortho intramolecular Hbond substituents is 1. The summed E-state index contributed by atoms with van der Waals surface area (Å²) >= 11 is 5.55. The minimum absolute atomic E-state index is 0.103. The van der Waals surface area contributed by atoms with Gasteiger partial charge in [0.05, 0.1) is 6.21 Å². The van der Waals surface area contributed by atoms with Gasteiger partial charge in [-0.25, -0.2) is 5.43 Å². The van der Waals surface area contributed by atoms with Gasteiger partial charge in [-0.1, -0.05) is 15.9 Å². The number of carbonyl (C=O) groups is 1. The molecule has 0 atom stereocenters. The van der Waals surface area contributed by atoms with Gasteiger partial charge in [0, 0.05) is 13.6 Å². The van der Waals surface area contributed by atoms with E-state index < -0.39 is 0 Å². The summed E-state index contributed by atoms with van der Waals surface area (Å²) in [5.74, 6) is 0.413. The smallest absolute Gasteiger partial charge is 0.277 e. The second kappa shape index (κ2) is 8.48. The molecule has 0 heterocycles. The number of nitrogens with one attached hydrogen (secondary N) is 1. The van der Waals surface area contributed by atoms with Gasteiger partial charge in [-0.05, 0) is 77.9 Å². The van der Waals surface area contributed by atoms with E-state index in [1.165, 1.54) is 6.21 Å². The molecule has 1 amide bonds. The third kappa shape index (κ3) is 5.20. The van der Waals surface area contributed by atoms with Crippen LogP contribution in [0.4, 0.5) is 0 Å². The number of aryl methyl sites for hydroxylation is 2. The molecule has 0 saturated carbocycles. The molecule has 7 heteroatoms. The summed E-state index contributed by atoms with van der Waals surface area (Å²) in [4.78, 5) is 11.8. The molecule has 2 N–H and O–H groups in total. The van der Waals surface area contributed by atoms with E-state index >= 15 is 0 Å². The van der Waals surface area contributed by atoms with Crippen molar-refractivity contribution in [1.29, 1.82) is 0 Å². The summed E-state index contributed by atoms with van der Waals surface area (Å²) < 4.78 is 7.50. The molecule has 2 aromatic carbocycles. The normalized spacial score (nSPS) is 10.8. The van der Waals surface area contributed by atoms with E-state index in [0.717, 1.165) is 19.2 Å². The molecule has 126 valence electrons. The van der Waals surface area contributed by atoms with Crippen molar-refractivity contribution >= 4 is 50.6 Å². The quantitative estimate of drug-likeness (QED) is 0.370. The standard InChI is InChI=1S/C17H16BrIN2O3/c1-10-5-13(18)6-11(2)17(10)24-9-16(23)21-20-8-12-7-14(19)3-4-15(12)22/h3-8,22H,9H2,1-2H3,(H,21,23)/b20-8+. The van der Waals surface area contributed by atoms with Crippen molar-refractivity contribution in [3.05, 3.63) is 55.1 Å². The number of ether oxygens (including phenoxy) is 1. The zero-order valence-corrected chi connectivity index (χ0v) is 16.9. The van der Waals surface area contributed by atoms with Gasteiger partial charge in [0.1, 0.15) is 11.5 Å². The highest BCUT2D eigenvalue weighted by atomic mass is 127. The summed E-state index contributed by atoms with van der Waals surface area (Å²) in [6, 6.07) is 8.97. The minimum atomic E-state index is -0.377. The molecule has 0 aromatic heterocycles. The summed E-state index contributed by atoms with van der Waals surface area (Å²) in [6.45, 7) is 3.70. The zero-order chi connectivity index (χ0) is 17.7. The Kier molecular flexibility index (Phi) is 6.61. The molecule has 24 heavy (non-hydrogen) atoms. The van der Waals surface area contributed by atoms with Crippen LogP contribution in [0.25, 0.3) is 0 Å². The van der Waals surface area contributed by atoms with Gasteiger partial charge < -0.3 is 9.84 Å². The van der Waals surface area contributed by atoms with Gasteiger partial charge in [0.2, 0.25) is 0 Å². The van der Waals surface area contributed by atoms with Crippen LogP contribution >= 0.6 is 38.5 Å². The van der Waals surface area contributed by atoms with Gasteiger partial charge in [0.25, 0.3) is 5.91 Å². The first-order chi connectivity index (χ1) is 11.4. The molecular formula is C17H16BrIN2O3. The highest BCUT2D eigenvalue weighted by Crippen LogP contribution is 2.27. The molecule has 0 radical (unpaired) electrons. The van der Waals surface area contributed by atoms with Crippen LogP contribution in [0.1, 0.15) is 16.7 Å². The van der Waals surface area contributed by atoms with Crippen LogP contribution in [0.2, 0.25) is 0 Å². The zero-order valence-electron chi connectivity index (χ0n) is 13.1. The number of benzene rings is 2. The summed E-state index contributed by atoms with van der Waals surface area (Å²) in [5.41, 5.74) is 4.80. The molecule has 0 aliphatic rings. The molecule has 0 spiro atoms. The lowest BCUT2D eigenvalue weighted by Crippen LogP contribution is -2.25. The molecule has 0 fully saturated rings. The number of hydrazone groups is 1. The van der Waals surface area contributed by atoms with Crippen molar-refractivity contribution in [1.82, 2.24) is 5.43 Å². The highest BCUT2D eigenvalue weighted by Gasteiger charge is 2.08.